The first-order chi connectivity index (χ1) is 6.61. The molecular formula is C10H17NO3. The Morgan fingerprint density at radius 1 is 1.43 bits per heavy atom. The van der Waals surface area contributed by atoms with Gasteiger partial charge in [-0.3, -0.25) is 0 Å². The van der Waals surface area contributed by atoms with Gasteiger partial charge in [-0.25, -0.2) is 4.79 Å². The van der Waals surface area contributed by atoms with E-state index in [1.807, 2.05) is 13.8 Å². The molecule has 0 aromatic carbocycles. The van der Waals surface area contributed by atoms with Gasteiger partial charge in [0.2, 0.25) is 0 Å². The zero-order chi connectivity index (χ0) is 10.6. The first-order valence-corrected chi connectivity index (χ1v) is 4.77. The SMILES string of the molecule is COC(=O)/C=C/N1CC(C)OC(C)C1. The van der Waals surface area contributed by atoms with E-state index in [4.69, 9.17) is 4.74 Å². The molecule has 4 nitrogen and oxygen atoms in total. The fourth-order valence-electron chi connectivity index (χ4n) is 1.57. The van der Waals surface area contributed by atoms with E-state index in [2.05, 4.69) is 9.64 Å². The highest BCUT2D eigenvalue weighted by Gasteiger charge is 2.19. The summed E-state index contributed by atoms with van der Waals surface area (Å²) in [7, 11) is 1.37. The Morgan fingerprint density at radius 3 is 2.50 bits per heavy atom. The van der Waals surface area contributed by atoms with Crippen molar-refractivity contribution in [1.29, 1.82) is 0 Å². The van der Waals surface area contributed by atoms with Crippen LogP contribution in [0.1, 0.15) is 13.8 Å². The Morgan fingerprint density at radius 2 is 2.00 bits per heavy atom. The lowest BCUT2D eigenvalue weighted by atomic mass is 10.2. The predicted octanol–water partition coefficient (Wildman–Crippen LogP) is 0.782. The van der Waals surface area contributed by atoms with Crippen molar-refractivity contribution in [1.82, 2.24) is 4.90 Å². The van der Waals surface area contributed by atoms with E-state index in [9.17, 15) is 4.79 Å². The lowest BCUT2D eigenvalue weighted by Gasteiger charge is -2.34. The summed E-state index contributed by atoms with van der Waals surface area (Å²) in [5, 5.41) is 0. The number of carbonyl (C=O) groups excluding carboxylic acids is 1. The fraction of sp³-hybridized carbons (Fsp3) is 0.700. The predicted molar refractivity (Wildman–Crippen MR) is 52.7 cm³/mol. The number of methoxy groups -OCH3 is 1. The Kier molecular flexibility index (Phi) is 3.95. The first kappa shape index (κ1) is 11.0. The number of morpholine rings is 1. The van der Waals surface area contributed by atoms with Gasteiger partial charge in [-0.05, 0) is 13.8 Å². The van der Waals surface area contributed by atoms with Crippen molar-refractivity contribution in [3.8, 4) is 0 Å². The van der Waals surface area contributed by atoms with E-state index in [1.54, 1.807) is 6.20 Å². The highest BCUT2D eigenvalue weighted by Crippen LogP contribution is 2.10. The van der Waals surface area contributed by atoms with E-state index in [0.717, 1.165) is 13.1 Å². The molecule has 1 heterocycles. The van der Waals surface area contributed by atoms with E-state index >= 15 is 0 Å². The molecule has 14 heavy (non-hydrogen) atoms. The summed E-state index contributed by atoms with van der Waals surface area (Å²) in [6.45, 7) is 5.68. The van der Waals surface area contributed by atoms with Crippen LogP contribution < -0.4 is 0 Å². The van der Waals surface area contributed by atoms with E-state index < -0.39 is 0 Å². The van der Waals surface area contributed by atoms with Crippen LogP contribution in [0.3, 0.4) is 0 Å². The van der Waals surface area contributed by atoms with Gasteiger partial charge in [0.1, 0.15) is 0 Å². The molecule has 0 amide bonds. The zero-order valence-corrected chi connectivity index (χ0v) is 8.90. The minimum Gasteiger partial charge on any atom is -0.466 e. The molecule has 1 aliphatic heterocycles. The first-order valence-electron chi connectivity index (χ1n) is 4.77. The molecule has 2 atom stereocenters. The summed E-state index contributed by atoms with van der Waals surface area (Å²) >= 11 is 0. The molecule has 1 aliphatic rings. The standard InChI is InChI=1S/C10H17NO3/c1-8-6-11(7-9(2)14-8)5-4-10(12)13-3/h4-5,8-9H,6-7H2,1-3H3/b5-4+. The average molecular weight is 199 g/mol. The second-order valence-corrected chi connectivity index (χ2v) is 3.55. The van der Waals surface area contributed by atoms with E-state index in [1.165, 1.54) is 13.2 Å². The van der Waals surface area contributed by atoms with Crippen LogP contribution in [0.25, 0.3) is 0 Å². The lowest BCUT2D eigenvalue weighted by Crippen LogP contribution is -2.42. The van der Waals surface area contributed by atoms with Gasteiger partial charge in [-0.2, -0.15) is 0 Å². The smallest absolute Gasteiger partial charge is 0.331 e. The highest BCUT2D eigenvalue weighted by atomic mass is 16.5. The van der Waals surface area contributed by atoms with Crippen molar-refractivity contribution < 1.29 is 14.3 Å². The molecule has 1 saturated heterocycles. The van der Waals surface area contributed by atoms with E-state index in [-0.39, 0.29) is 18.2 Å². The minimum atomic E-state index is -0.322. The molecule has 0 N–H and O–H groups in total. The summed E-state index contributed by atoms with van der Waals surface area (Å²) in [5.41, 5.74) is 0. The Bertz CT molecular complexity index is 217. The van der Waals surface area contributed by atoms with Crippen molar-refractivity contribution in [3.05, 3.63) is 12.3 Å². The summed E-state index contributed by atoms with van der Waals surface area (Å²) < 4.78 is 10.1. The maximum Gasteiger partial charge on any atom is 0.331 e. The molecule has 0 aromatic rings. The van der Waals surface area contributed by atoms with Crippen molar-refractivity contribution in [2.45, 2.75) is 26.1 Å². The van der Waals surface area contributed by atoms with Crippen molar-refractivity contribution in [2.75, 3.05) is 20.2 Å². The normalized spacial score (nSPS) is 28.1. The molecule has 0 aromatic heterocycles. The fourth-order valence-corrected chi connectivity index (χ4v) is 1.57. The molecule has 0 bridgehead atoms. The number of nitrogens with zero attached hydrogens (tertiary/aromatic N) is 1. The zero-order valence-electron chi connectivity index (χ0n) is 8.90. The Hall–Kier alpha value is -1.03. The van der Waals surface area contributed by atoms with E-state index in [0.29, 0.717) is 0 Å². The van der Waals surface area contributed by atoms with Crippen LogP contribution in [-0.2, 0) is 14.3 Å². The largest absolute Gasteiger partial charge is 0.466 e. The van der Waals surface area contributed by atoms with Crippen molar-refractivity contribution >= 4 is 5.97 Å². The molecule has 0 radical (unpaired) electrons. The molecular weight excluding hydrogens is 182 g/mol. The average Bonchev–Trinajstić information content (AvgIpc) is 2.12. The summed E-state index contributed by atoms with van der Waals surface area (Å²) in [4.78, 5) is 12.9. The minimum absolute atomic E-state index is 0.209. The van der Waals surface area contributed by atoms with Gasteiger partial charge in [0.05, 0.1) is 19.3 Å². The highest BCUT2D eigenvalue weighted by molar-refractivity contribution is 5.81. The number of esters is 1. The Labute approximate surface area is 84.5 Å². The van der Waals surface area contributed by atoms with Gasteiger partial charge in [-0.1, -0.05) is 0 Å². The third-order valence-corrected chi connectivity index (χ3v) is 2.07. The maximum atomic E-state index is 10.9. The van der Waals surface area contributed by atoms with Gasteiger partial charge in [0.15, 0.2) is 0 Å². The maximum absolute atomic E-state index is 10.9. The van der Waals surface area contributed by atoms with Crippen LogP contribution in [0.5, 0.6) is 0 Å². The van der Waals surface area contributed by atoms with Crippen LogP contribution in [0.4, 0.5) is 0 Å². The van der Waals surface area contributed by atoms with Gasteiger partial charge in [0.25, 0.3) is 0 Å². The van der Waals surface area contributed by atoms with Gasteiger partial charge in [-0.15, -0.1) is 0 Å². The van der Waals surface area contributed by atoms with Gasteiger partial charge >= 0.3 is 5.97 Å². The Balaban J connectivity index is 2.44. The number of hydrogen-bond acceptors (Lipinski definition) is 4. The molecule has 1 fully saturated rings. The quantitative estimate of drug-likeness (QED) is 0.486. The second-order valence-electron chi connectivity index (χ2n) is 3.55. The third-order valence-electron chi connectivity index (χ3n) is 2.07. The molecule has 0 saturated carbocycles. The number of ether oxygens (including phenoxy) is 2. The summed E-state index contributed by atoms with van der Waals surface area (Å²) in [5.74, 6) is -0.322. The van der Waals surface area contributed by atoms with Gasteiger partial charge in [0, 0.05) is 25.4 Å². The lowest BCUT2D eigenvalue weighted by molar-refractivity contribution is -0.135. The van der Waals surface area contributed by atoms with Crippen LogP contribution in [0, 0.1) is 0 Å². The number of hydrogen-bond donors (Lipinski definition) is 0. The van der Waals surface area contributed by atoms with Crippen LogP contribution >= 0.6 is 0 Å². The van der Waals surface area contributed by atoms with Crippen molar-refractivity contribution in [2.24, 2.45) is 0 Å². The van der Waals surface area contributed by atoms with Crippen molar-refractivity contribution in [3.63, 3.8) is 0 Å². The summed E-state index contributed by atoms with van der Waals surface area (Å²) in [6, 6.07) is 0. The number of rotatable bonds is 2. The molecule has 1 rings (SSSR count). The van der Waals surface area contributed by atoms with Crippen LogP contribution in [-0.4, -0.2) is 43.3 Å². The second kappa shape index (κ2) is 5.00. The summed E-state index contributed by atoms with van der Waals surface area (Å²) in [6.07, 6.45) is 3.62. The molecule has 2 unspecified atom stereocenters. The molecule has 0 spiro atoms. The van der Waals surface area contributed by atoms with Crippen LogP contribution in [0.15, 0.2) is 12.3 Å². The topological polar surface area (TPSA) is 38.8 Å². The monoisotopic (exact) mass is 199 g/mol. The molecule has 0 aliphatic carbocycles. The molecule has 80 valence electrons. The third kappa shape index (κ3) is 3.38. The number of carbonyl (C=O) groups is 1. The van der Waals surface area contributed by atoms with Crippen LogP contribution in [0.2, 0.25) is 0 Å². The van der Waals surface area contributed by atoms with Gasteiger partial charge < -0.3 is 14.4 Å². The molecule has 4 heteroatoms.